The van der Waals surface area contributed by atoms with Crippen molar-refractivity contribution in [1.82, 2.24) is 5.32 Å². The van der Waals surface area contributed by atoms with Crippen LogP contribution in [0.1, 0.15) is 42.6 Å². The number of carbonyl (C=O) groups excluding carboxylic acids is 1. The van der Waals surface area contributed by atoms with Crippen molar-refractivity contribution in [2.45, 2.75) is 33.6 Å². The average Bonchev–Trinajstić information content (AvgIpc) is 2.37. The zero-order valence-corrected chi connectivity index (χ0v) is 13.4. The maximum Gasteiger partial charge on any atom is 0.303 e. The van der Waals surface area contributed by atoms with Gasteiger partial charge >= 0.3 is 5.97 Å². The van der Waals surface area contributed by atoms with Crippen LogP contribution in [0.5, 0.6) is 0 Å². The van der Waals surface area contributed by atoms with Gasteiger partial charge < -0.3 is 10.4 Å². The van der Waals surface area contributed by atoms with Gasteiger partial charge in [-0.2, -0.15) is 0 Å². The molecule has 1 aromatic rings. The number of rotatable bonds is 7. The molecule has 5 heteroatoms. The van der Waals surface area contributed by atoms with E-state index in [2.05, 4.69) is 5.32 Å². The smallest absolute Gasteiger partial charge is 0.303 e. The van der Waals surface area contributed by atoms with Crippen LogP contribution >= 0.6 is 11.6 Å². The molecule has 0 radical (unpaired) electrons. The number of halogens is 1. The van der Waals surface area contributed by atoms with Gasteiger partial charge in [-0.15, -0.1) is 0 Å². The van der Waals surface area contributed by atoms with E-state index in [1.165, 1.54) is 0 Å². The van der Waals surface area contributed by atoms with Crippen LogP contribution in [0.2, 0.25) is 5.02 Å². The third-order valence-corrected chi connectivity index (χ3v) is 3.66. The van der Waals surface area contributed by atoms with E-state index in [1.807, 2.05) is 20.8 Å². The number of nitrogens with one attached hydrogen (secondary N) is 1. The summed E-state index contributed by atoms with van der Waals surface area (Å²) in [5.74, 6) is -0.739. The molecule has 0 spiro atoms. The van der Waals surface area contributed by atoms with Crippen molar-refractivity contribution in [2.24, 2.45) is 11.8 Å². The topological polar surface area (TPSA) is 66.4 Å². The summed E-state index contributed by atoms with van der Waals surface area (Å²) < 4.78 is 0. The quantitative estimate of drug-likeness (QED) is 0.809. The molecular weight excluding hydrogens is 290 g/mol. The molecule has 0 bridgehead atoms. The Kier molecular flexibility index (Phi) is 6.69. The van der Waals surface area contributed by atoms with Crippen molar-refractivity contribution in [3.05, 3.63) is 34.3 Å². The molecule has 21 heavy (non-hydrogen) atoms. The first kappa shape index (κ1) is 17.5. The second kappa shape index (κ2) is 8.03. The third-order valence-electron chi connectivity index (χ3n) is 3.25. The molecule has 0 fully saturated rings. The monoisotopic (exact) mass is 311 g/mol. The van der Waals surface area contributed by atoms with Crippen molar-refractivity contribution in [1.29, 1.82) is 0 Å². The molecule has 0 heterocycles. The summed E-state index contributed by atoms with van der Waals surface area (Å²) in [6, 6.07) is 5.13. The summed E-state index contributed by atoms with van der Waals surface area (Å²) in [5, 5.41) is 12.3. The summed E-state index contributed by atoms with van der Waals surface area (Å²) in [4.78, 5) is 22.9. The number of benzene rings is 1. The maximum atomic E-state index is 12.1. The molecular formula is C16H22ClNO3. The molecule has 0 aliphatic rings. The maximum absolute atomic E-state index is 12.1. The molecule has 0 aliphatic heterocycles. The number of hydrogen-bond acceptors (Lipinski definition) is 2. The van der Waals surface area contributed by atoms with Gasteiger partial charge in [0.25, 0.3) is 5.91 Å². The van der Waals surface area contributed by atoms with Crippen LogP contribution in [0.15, 0.2) is 18.2 Å². The fourth-order valence-electron chi connectivity index (χ4n) is 2.23. The Hall–Kier alpha value is -1.55. The van der Waals surface area contributed by atoms with Crippen molar-refractivity contribution in [2.75, 3.05) is 6.54 Å². The number of carboxylic acids is 1. The van der Waals surface area contributed by atoms with E-state index in [4.69, 9.17) is 16.7 Å². The number of aryl methyl sites for hydroxylation is 1. The highest BCUT2D eigenvalue weighted by molar-refractivity contribution is 6.31. The van der Waals surface area contributed by atoms with Gasteiger partial charge in [0.1, 0.15) is 0 Å². The van der Waals surface area contributed by atoms with Gasteiger partial charge in [-0.3, -0.25) is 9.59 Å². The van der Waals surface area contributed by atoms with E-state index in [9.17, 15) is 9.59 Å². The summed E-state index contributed by atoms with van der Waals surface area (Å²) >= 11 is 6.00. The minimum atomic E-state index is -0.840. The number of amides is 1. The third kappa shape index (κ3) is 6.17. The first-order valence-corrected chi connectivity index (χ1v) is 7.43. The summed E-state index contributed by atoms with van der Waals surface area (Å²) in [6.45, 7) is 6.30. The van der Waals surface area contributed by atoms with Gasteiger partial charge in [0, 0.05) is 23.6 Å². The summed E-state index contributed by atoms with van der Waals surface area (Å²) in [5.41, 5.74) is 1.40. The van der Waals surface area contributed by atoms with E-state index in [1.54, 1.807) is 18.2 Å². The largest absolute Gasteiger partial charge is 0.481 e. The van der Waals surface area contributed by atoms with Crippen LogP contribution in [0.4, 0.5) is 0 Å². The summed E-state index contributed by atoms with van der Waals surface area (Å²) in [7, 11) is 0. The molecule has 2 N–H and O–H groups in total. The lowest BCUT2D eigenvalue weighted by Crippen LogP contribution is -2.31. The SMILES string of the molecule is Cc1ccc(C(=O)NC[C@H](CC(=O)O)CC(C)C)cc1Cl. The highest BCUT2D eigenvalue weighted by Gasteiger charge is 2.16. The van der Waals surface area contributed by atoms with Crippen molar-refractivity contribution in [3.8, 4) is 0 Å². The summed E-state index contributed by atoms with van der Waals surface area (Å²) in [6.07, 6.45) is 0.828. The Balaban J connectivity index is 2.63. The molecule has 0 saturated heterocycles. The van der Waals surface area contributed by atoms with Crippen LogP contribution < -0.4 is 5.32 Å². The molecule has 0 aromatic heterocycles. The predicted molar refractivity (Wildman–Crippen MR) is 83.7 cm³/mol. The van der Waals surface area contributed by atoms with E-state index in [0.29, 0.717) is 23.0 Å². The standard InChI is InChI=1S/C16H22ClNO3/c1-10(2)6-12(7-15(19)20)9-18-16(21)13-5-4-11(3)14(17)8-13/h4-5,8,10,12H,6-7,9H2,1-3H3,(H,18,21)(H,19,20)/t12-/m0/s1. The Labute approximate surface area is 130 Å². The fourth-order valence-corrected chi connectivity index (χ4v) is 2.41. The Morgan fingerprint density at radius 1 is 1.33 bits per heavy atom. The molecule has 116 valence electrons. The molecule has 1 amide bonds. The number of carboxylic acid groups (broad SMARTS) is 1. The van der Waals surface area contributed by atoms with E-state index < -0.39 is 5.97 Å². The lowest BCUT2D eigenvalue weighted by molar-refractivity contribution is -0.138. The molecule has 0 saturated carbocycles. The second-order valence-corrected chi connectivity index (χ2v) is 6.17. The highest BCUT2D eigenvalue weighted by Crippen LogP contribution is 2.18. The van der Waals surface area contributed by atoms with Crippen LogP contribution in [0.25, 0.3) is 0 Å². The average molecular weight is 312 g/mol. The molecule has 1 aromatic carbocycles. The number of carbonyl (C=O) groups is 2. The Morgan fingerprint density at radius 3 is 2.52 bits per heavy atom. The molecule has 0 aliphatic carbocycles. The van der Waals surface area contributed by atoms with Gasteiger partial charge in [-0.25, -0.2) is 0 Å². The van der Waals surface area contributed by atoms with E-state index in [0.717, 1.165) is 12.0 Å². The minimum absolute atomic E-state index is 0.0626. The van der Waals surface area contributed by atoms with Crippen LogP contribution in [0, 0.1) is 18.8 Å². The lowest BCUT2D eigenvalue weighted by Gasteiger charge is -2.18. The Morgan fingerprint density at radius 2 is 2.00 bits per heavy atom. The second-order valence-electron chi connectivity index (χ2n) is 5.77. The van der Waals surface area contributed by atoms with E-state index in [-0.39, 0.29) is 18.2 Å². The first-order chi connectivity index (χ1) is 9.79. The molecule has 1 atom stereocenters. The van der Waals surface area contributed by atoms with Crippen LogP contribution in [-0.4, -0.2) is 23.5 Å². The number of hydrogen-bond donors (Lipinski definition) is 2. The van der Waals surface area contributed by atoms with Gasteiger partial charge in [-0.1, -0.05) is 31.5 Å². The minimum Gasteiger partial charge on any atom is -0.481 e. The van der Waals surface area contributed by atoms with Crippen LogP contribution in [0.3, 0.4) is 0 Å². The number of aliphatic carboxylic acids is 1. The van der Waals surface area contributed by atoms with Crippen LogP contribution in [-0.2, 0) is 4.79 Å². The molecule has 0 unspecified atom stereocenters. The van der Waals surface area contributed by atoms with Crippen molar-refractivity contribution >= 4 is 23.5 Å². The van der Waals surface area contributed by atoms with Gasteiger partial charge in [0.15, 0.2) is 0 Å². The lowest BCUT2D eigenvalue weighted by atomic mass is 9.94. The fraction of sp³-hybridized carbons (Fsp3) is 0.500. The van der Waals surface area contributed by atoms with Gasteiger partial charge in [0.2, 0.25) is 0 Å². The first-order valence-electron chi connectivity index (χ1n) is 7.05. The zero-order chi connectivity index (χ0) is 16.0. The van der Waals surface area contributed by atoms with Crippen molar-refractivity contribution < 1.29 is 14.7 Å². The van der Waals surface area contributed by atoms with Gasteiger partial charge in [-0.05, 0) is 42.9 Å². The zero-order valence-electron chi connectivity index (χ0n) is 12.6. The highest BCUT2D eigenvalue weighted by atomic mass is 35.5. The van der Waals surface area contributed by atoms with Gasteiger partial charge in [0.05, 0.1) is 0 Å². The molecule has 1 rings (SSSR count). The predicted octanol–water partition coefficient (Wildman–Crippen LogP) is 3.52. The van der Waals surface area contributed by atoms with Crippen molar-refractivity contribution in [3.63, 3.8) is 0 Å². The Bertz CT molecular complexity index is 514. The molecule has 4 nitrogen and oxygen atoms in total. The normalized spacial score (nSPS) is 12.2. The van der Waals surface area contributed by atoms with E-state index >= 15 is 0 Å².